The summed E-state index contributed by atoms with van der Waals surface area (Å²) in [7, 11) is 0. The standard InChI is InChI=1S/C19H22ClN3O2/c20-17-6-1-2-7-18(17)22-19(24)21-13-15-4-3-5-16(12-15)14-23-8-10-25-11-9-23/h1-7,12H,8-11,13-14H2,(H2,21,22,24). The van der Waals surface area contributed by atoms with Gasteiger partial charge in [-0.25, -0.2) is 4.79 Å². The Morgan fingerprint density at radius 1 is 1.08 bits per heavy atom. The smallest absolute Gasteiger partial charge is 0.319 e. The zero-order chi connectivity index (χ0) is 17.5. The van der Waals surface area contributed by atoms with Crippen LogP contribution < -0.4 is 10.6 Å². The number of amides is 2. The number of para-hydroxylation sites is 1. The molecular weight excluding hydrogens is 338 g/mol. The second-order valence-corrected chi connectivity index (χ2v) is 6.40. The molecule has 25 heavy (non-hydrogen) atoms. The van der Waals surface area contributed by atoms with E-state index in [-0.39, 0.29) is 6.03 Å². The lowest BCUT2D eigenvalue weighted by Crippen LogP contribution is -2.35. The summed E-state index contributed by atoms with van der Waals surface area (Å²) in [5.74, 6) is 0. The Bertz CT molecular complexity index is 717. The monoisotopic (exact) mass is 359 g/mol. The van der Waals surface area contributed by atoms with E-state index in [1.807, 2.05) is 24.3 Å². The van der Waals surface area contributed by atoms with Gasteiger partial charge in [-0.3, -0.25) is 4.90 Å². The molecule has 1 aliphatic heterocycles. The predicted molar refractivity (Wildman–Crippen MR) is 99.8 cm³/mol. The Hall–Kier alpha value is -2.08. The Kier molecular flexibility index (Phi) is 6.28. The van der Waals surface area contributed by atoms with Crippen molar-refractivity contribution in [2.45, 2.75) is 13.1 Å². The first-order valence-corrected chi connectivity index (χ1v) is 8.76. The maximum absolute atomic E-state index is 12.0. The first kappa shape index (κ1) is 17.7. The molecule has 1 aliphatic rings. The number of nitrogens with one attached hydrogen (secondary N) is 2. The van der Waals surface area contributed by atoms with Crippen molar-refractivity contribution in [1.29, 1.82) is 0 Å². The van der Waals surface area contributed by atoms with Gasteiger partial charge in [0.05, 0.1) is 23.9 Å². The van der Waals surface area contributed by atoms with Crippen molar-refractivity contribution in [3.8, 4) is 0 Å². The number of rotatable bonds is 5. The third-order valence-electron chi connectivity index (χ3n) is 4.08. The maximum Gasteiger partial charge on any atom is 0.319 e. The van der Waals surface area contributed by atoms with Gasteiger partial charge in [0.2, 0.25) is 0 Å². The topological polar surface area (TPSA) is 53.6 Å². The van der Waals surface area contributed by atoms with Gasteiger partial charge in [0.25, 0.3) is 0 Å². The van der Waals surface area contributed by atoms with E-state index in [0.29, 0.717) is 17.3 Å². The summed E-state index contributed by atoms with van der Waals surface area (Å²) in [4.78, 5) is 14.4. The molecule has 0 saturated carbocycles. The summed E-state index contributed by atoms with van der Waals surface area (Å²) in [5.41, 5.74) is 2.91. The molecule has 5 nitrogen and oxygen atoms in total. The van der Waals surface area contributed by atoms with Gasteiger partial charge in [-0.05, 0) is 23.3 Å². The van der Waals surface area contributed by atoms with E-state index in [2.05, 4.69) is 27.7 Å². The van der Waals surface area contributed by atoms with Crippen LogP contribution in [0.15, 0.2) is 48.5 Å². The van der Waals surface area contributed by atoms with Crippen LogP contribution in [-0.4, -0.2) is 37.2 Å². The lowest BCUT2D eigenvalue weighted by Gasteiger charge is -2.26. The van der Waals surface area contributed by atoms with Crippen molar-refractivity contribution >= 4 is 23.3 Å². The molecular formula is C19H22ClN3O2. The van der Waals surface area contributed by atoms with E-state index in [1.165, 1.54) is 5.56 Å². The highest BCUT2D eigenvalue weighted by atomic mass is 35.5. The fraction of sp³-hybridized carbons (Fsp3) is 0.316. The highest BCUT2D eigenvalue weighted by Crippen LogP contribution is 2.20. The van der Waals surface area contributed by atoms with E-state index >= 15 is 0 Å². The summed E-state index contributed by atoms with van der Waals surface area (Å²) in [6.45, 7) is 4.88. The molecule has 0 unspecified atom stereocenters. The number of nitrogens with zero attached hydrogens (tertiary/aromatic N) is 1. The molecule has 2 N–H and O–H groups in total. The van der Waals surface area contributed by atoms with Gasteiger partial charge in [0.15, 0.2) is 0 Å². The lowest BCUT2D eigenvalue weighted by atomic mass is 10.1. The van der Waals surface area contributed by atoms with Crippen LogP contribution in [0.2, 0.25) is 5.02 Å². The van der Waals surface area contributed by atoms with E-state index in [9.17, 15) is 4.79 Å². The molecule has 3 rings (SSSR count). The van der Waals surface area contributed by atoms with Gasteiger partial charge in [0.1, 0.15) is 0 Å². The van der Waals surface area contributed by atoms with Crippen molar-refractivity contribution in [2.75, 3.05) is 31.6 Å². The average molecular weight is 360 g/mol. The quantitative estimate of drug-likeness (QED) is 0.859. The van der Waals surface area contributed by atoms with Crippen LogP contribution in [0, 0.1) is 0 Å². The van der Waals surface area contributed by atoms with Crippen LogP contribution in [0.1, 0.15) is 11.1 Å². The SMILES string of the molecule is O=C(NCc1cccc(CN2CCOCC2)c1)Nc1ccccc1Cl. The fourth-order valence-electron chi connectivity index (χ4n) is 2.77. The number of hydrogen-bond donors (Lipinski definition) is 2. The second-order valence-electron chi connectivity index (χ2n) is 6.00. The molecule has 2 aromatic carbocycles. The molecule has 132 valence electrons. The van der Waals surface area contributed by atoms with Crippen molar-refractivity contribution < 1.29 is 9.53 Å². The predicted octanol–water partition coefficient (Wildman–Crippen LogP) is 3.49. The lowest BCUT2D eigenvalue weighted by molar-refractivity contribution is 0.0342. The van der Waals surface area contributed by atoms with Crippen LogP contribution in [0.25, 0.3) is 0 Å². The van der Waals surface area contributed by atoms with Crippen molar-refractivity contribution in [3.63, 3.8) is 0 Å². The molecule has 0 radical (unpaired) electrons. The molecule has 1 saturated heterocycles. The molecule has 6 heteroatoms. The highest BCUT2D eigenvalue weighted by Gasteiger charge is 2.11. The number of hydrogen-bond acceptors (Lipinski definition) is 3. The second kappa shape index (κ2) is 8.85. The normalized spacial score (nSPS) is 14.9. The van der Waals surface area contributed by atoms with Gasteiger partial charge in [-0.1, -0.05) is 48.0 Å². The highest BCUT2D eigenvalue weighted by molar-refractivity contribution is 6.33. The summed E-state index contributed by atoms with van der Waals surface area (Å²) in [6, 6.07) is 15.2. The minimum absolute atomic E-state index is 0.272. The Morgan fingerprint density at radius 2 is 1.84 bits per heavy atom. The van der Waals surface area contributed by atoms with E-state index in [1.54, 1.807) is 12.1 Å². The fourth-order valence-corrected chi connectivity index (χ4v) is 2.95. The Morgan fingerprint density at radius 3 is 2.64 bits per heavy atom. The Balaban J connectivity index is 1.51. The zero-order valence-electron chi connectivity index (χ0n) is 14.0. The largest absolute Gasteiger partial charge is 0.379 e. The molecule has 1 fully saturated rings. The third kappa shape index (κ3) is 5.46. The molecule has 2 aromatic rings. The molecule has 0 atom stereocenters. The van der Waals surface area contributed by atoms with Crippen LogP contribution in [0.4, 0.5) is 10.5 Å². The number of carbonyl (C=O) groups excluding carboxylic acids is 1. The van der Waals surface area contributed by atoms with Crippen LogP contribution in [0.3, 0.4) is 0 Å². The third-order valence-corrected chi connectivity index (χ3v) is 4.41. The maximum atomic E-state index is 12.0. The van der Waals surface area contributed by atoms with Crippen LogP contribution in [0.5, 0.6) is 0 Å². The molecule has 0 aromatic heterocycles. The zero-order valence-corrected chi connectivity index (χ0v) is 14.8. The summed E-state index contributed by atoms with van der Waals surface area (Å²) in [5, 5.41) is 6.14. The van der Waals surface area contributed by atoms with E-state index < -0.39 is 0 Å². The van der Waals surface area contributed by atoms with E-state index in [4.69, 9.17) is 16.3 Å². The summed E-state index contributed by atoms with van der Waals surface area (Å²) >= 11 is 6.04. The summed E-state index contributed by atoms with van der Waals surface area (Å²) in [6.07, 6.45) is 0. The average Bonchev–Trinajstić information content (AvgIpc) is 2.63. The molecule has 2 amide bonds. The number of urea groups is 1. The number of ether oxygens (including phenoxy) is 1. The first-order valence-electron chi connectivity index (χ1n) is 8.38. The summed E-state index contributed by atoms with van der Waals surface area (Å²) < 4.78 is 5.38. The van der Waals surface area contributed by atoms with Crippen LogP contribution >= 0.6 is 11.6 Å². The van der Waals surface area contributed by atoms with Crippen LogP contribution in [-0.2, 0) is 17.8 Å². The van der Waals surface area contributed by atoms with Gasteiger partial charge < -0.3 is 15.4 Å². The first-order chi connectivity index (χ1) is 12.2. The van der Waals surface area contributed by atoms with Crippen molar-refractivity contribution in [3.05, 3.63) is 64.7 Å². The van der Waals surface area contributed by atoms with Crippen molar-refractivity contribution in [1.82, 2.24) is 10.2 Å². The number of anilines is 1. The van der Waals surface area contributed by atoms with Crippen molar-refractivity contribution in [2.24, 2.45) is 0 Å². The van der Waals surface area contributed by atoms with Gasteiger partial charge in [-0.15, -0.1) is 0 Å². The molecule has 0 aliphatic carbocycles. The Labute approximate surface area is 152 Å². The van der Waals surface area contributed by atoms with Gasteiger partial charge >= 0.3 is 6.03 Å². The molecule has 0 bridgehead atoms. The van der Waals surface area contributed by atoms with Gasteiger partial charge in [0, 0.05) is 26.2 Å². The molecule has 0 spiro atoms. The minimum Gasteiger partial charge on any atom is -0.379 e. The number of halogens is 1. The van der Waals surface area contributed by atoms with E-state index in [0.717, 1.165) is 38.4 Å². The number of carbonyl (C=O) groups is 1. The molecule has 1 heterocycles. The number of morpholine rings is 1. The minimum atomic E-state index is -0.272. The van der Waals surface area contributed by atoms with Gasteiger partial charge in [-0.2, -0.15) is 0 Å². The number of benzene rings is 2.